The molecule has 0 aliphatic carbocycles. The van der Waals surface area contributed by atoms with Crippen molar-refractivity contribution in [1.29, 1.82) is 0 Å². The Balaban J connectivity index is 1.94. The fourth-order valence-electron chi connectivity index (χ4n) is 3.10. The van der Waals surface area contributed by atoms with Crippen LogP contribution in [0.1, 0.15) is 13.3 Å². The van der Waals surface area contributed by atoms with Crippen LogP contribution >= 0.6 is 0 Å². The average molecular weight is 251 g/mol. The third kappa shape index (κ3) is 1.23. The zero-order valence-corrected chi connectivity index (χ0v) is 9.78. The molecule has 6 heteroatoms. The molecule has 0 aromatic heterocycles. The van der Waals surface area contributed by atoms with E-state index in [1.807, 2.05) is 0 Å². The Morgan fingerprint density at radius 2 is 1.83 bits per heavy atom. The number of carboxylic acid groups (broad SMARTS) is 1. The van der Waals surface area contributed by atoms with Gasteiger partial charge in [-0.25, -0.2) is 4.79 Å². The van der Waals surface area contributed by atoms with Crippen LogP contribution in [-0.2, 0) is 19.1 Å². The standard InChI is InChI=1S/C12H13NO5/c1-2-5(12(16)17)13-10(14)8-6-3-4-7(18-6)9(8)11(13)15/h3-9H,2H2,1H3,(H,16,17)/t5?,6-,7?,8-,9+/m1/s1. The summed E-state index contributed by atoms with van der Waals surface area (Å²) in [5.74, 6) is -3.01. The number of carbonyl (C=O) groups excluding carboxylic acids is 2. The molecule has 0 radical (unpaired) electrons. The Morgan fingerprint density at radius 3 is 2.22 bits per heavy atom. The predicted octanol–water partition coefficient (Wildman–Crippen LogP) is -0.212. The Kier molecular flexibility index (Phi) is 2.31. The van der Waals surface area contributed by atoms with Gasteiger partial charge < -0.3 is 9.84 Å². The Hall–Kier alpha value is -1.69. The van der Waals surface area contributed by atoms with E-state index < -0.39 is 35.7 Å². The third-order valence-corrected chi connectivity index (χ3v) is 3.93. The lowest BCUT2D eigenvalue weighted by atomic mass is 9.85. The molecule has 2 fully saturated rings. The van der Waals surface area contributed by atoms with Gasteiger partial charge in [0.2, 0.25) is 11.8 Å². The van der Waals surface area contributed by atoms with Crippen molar-refractivity contribution in [2.75, 3.05) is 0 Å². The molecule has 2 saturated heterocycles. The van der Waals surface area contributed by atoms with Crippen molar-refractivity contribution < 1.29 is 24.2 Å². The number of imide groups is 1. The Bertz CT molecular complexity index is 441. The molecule has 0 aromatic carbocycles. The molecule has 18 heavy (non-hydrogen) atoms. The molecular weight excluding hydrogens is 238 g/mol. The number of amides is 2. The monoisotopic (exact) mass is 251 g/mol. The largest absolute Gasteiger partial charge is 0.480 e. The van der Waals surface area contributed by atoms with Gasteiger partial charge in [-0.3, -0.25) is 14.5 Å². The minimum atomic E-state index is -1.14. The second-order valence-corrected chi connectivity index (χ2v) is 4.81. The number of nitrogens with zero attached hydrogens (tertiary/aromatic N) is 1. The molecule has 1 N–H and O–H groups in total. The van der Waals surface area contributed by atoms with Gasteiger partial charge in [0, 0.05) is 0 Å². The molecule has 3 heterocycles. The summed E-state index contributed by atoms with van der Waals surface area (Å²) in [5, 5.41) is 9.09. The summed E-state index contributed by atoms with van der Waals surface area (Å²) in [4.78, 5) is 36.5. The van der Waals surface area contributed by atoms with Gasteiger partial charge in [-0.15, -0.1) is 0 Å². The van der Waals surface area contributed by atoms with Crippen LogP contribution in [0.25, 0.3) is 0 Å². The van der Waals surface area contributed by atoms with Crippen LogP contribution in [0.15, 0.2) is 12.2 Å². The number of ether oxygens (including phenoxy) is 1. The van der Waals surface area contributed by atoms with Crippen molar-refractivity contribution in [2.24, 2.45) is 11.8 Å². The van der Waals surface area contributed by atoms with E-state index in [-0.39, 0.29) is 18.6 Å². The van der Waals surface area contributed by atoms with Crippen molar-refractivity contribution >= 4 is 17.8 Å². The van der Waals surface area contributed by atoms with Crippen molar-refractivity contribution in [3.05, 3.63) is 12.2 Å². The fraction of sp³-hybridized carbons (Fsp3) is 0.583. The number of hydrogen-bond donors (Lipinski definition) is 1. The van der Waals surface area contributed by atoms with Gasteiger partial charge in [-0.05, 0) is 6.42 Å². The number of hydrogen-bond acceptors (Lipinski definition) is 4. The summed E-state index contributed by atoms with van der Waals surface area (Å²) in [6.07, 6.45) is 3.04. The van der Waals surface area contributed by atoms with E-state index in [1.165, 1.54) is 0 Å². The Morgan fingerprint density at radius 1 is 1.33 bits per heavy atom. The van der Waals surface area contributed by atoms with Crippen LogP contribution in [0.3, 0.4) is 0 Å². The molecule has 5 atom stereocenters. The summed E-state index contributed by atoms with van der Waals surface area (Å²) < 4.78 is 5.48. The molecule has 3 rings (SSSR count). The summed E-state index contributed by atoms with van der Waals surface area (Å²) in [5.41, 5.74) is 0. The second-order valence-electron chi connectivity index (χ2n) is 4.81. The molecule has 0 saturated carbocycles. The van der Waals surface area contributed by atoms with E-state index in [2.05, 4.69) is 0 Å². The van der Waals surface area contributed by atoms with Crippen molar-refractivity contribution in [3.8, 4) is 0 Å². The maximum atomic E-state index is 12.2. The van der Waals surface area contributed by atoms with Gasteiger partial charge in [0.15, 0.2) is 0 Å². The second kappa shape index (κ2) is 3.65. The van der Waals surface area contributed by atoms with Crippen LogP contribution < -0.4 is 0 Å². The van der Waals surface area contributed by atoms with Crippen molar-refractivity contribution in [2.45, 2.75) is 31.6 Å². The molecule has 3 aliphatic heterocycles. The molecule has 96 valence electrons. The summed E-state index contributed by atoms with van der Waals surface area (Å²) in [6.45, 7) is 1.65. The molecule has 2 bridgehead atoms. The zero-order valence-electron chi connectivity index (χ0n) is 9.78. The maximum absolute atomic E-state index is 12.2. The highest BCUT2D eigenvalue weighted by Crippen LogP contribution is 2.45. The highest BCUT2D eigenvalue weighted by Gasteiger charge is 2.62. The third-order valence-electron chi connectivity index (χ3n) is 3.93. The van der Waals surface area contributed by atoms with Gasteiger partial charge in [-0.2, -0.15) is 0 Å². The number of fused-ring (bicyclic) bond motifs is 5. The van der Waals surface area contributed by atoms with Gasteiger partial charge >= 0.3 is 5.97 Å². The van der Waals surface area contributed by atoms with Crippen LogP contribution in [0.4, 0.5) is 0 Å². The van der Waals surface area contributed by atoms with Crippen molar-refractivity contribution in [3.63, 3.8) is 0 Å². The topological polar surface area (TPSA) is 83.9 Å². The zero-order chi connectivity index (χ0) is 13.0. The van der Waals surface area contributed by atoms with Crippen LogP contribution in [0.2, 0.25) is 0 Å². The highest BCUT2D eigenvalue weighted by molar-refractivity contribution is 6.09. The summed E-state index contributed by atoms with van der Waals surface area (Å²) in [7, 11) is 0. The lowest BCUT2D eigenvalue weighted by molar-refractivity contribution is -0.156. The van der Waals surface area contributed by atoms with Gasteiger partial charge in [0.1, 0.15) is 6.04 Å². The molecule has 2 unspecified atom stereocenters. The summed E-state index contributed by atoms with van der Waals surface area (Å²) in [6, 6.07) is -1.06. The van der Waals surface area contributed by atoms with Crippen molar-refractivity contribution in [1.82, 2.24) is 4.90 Å². The van der Waals surface area contributed by atoms with Crippen LogP contribution in [0, 0.1) is 11.8 Å². The first-order chi connectivity index (χ1) is 8.56. The first kappa shape index (κ1) is 11.4. The predicted molar refractivity (Wildman–Crippen MR) is 58.3 cm³/mol. The molecule has 6 nitrogen and oxygen atoms in total. The van der Waals surface area contributed by atoms with E-state index in [9.17, 15) is 14.4 Å². The van der Waals surface area contributed by atoms with E-state index in [0.29, 0.717) is 0 Å². The average Bonchev–Trinajstić information content (AvgIpc) is 2.98. The number of carboxylic acids is 1. The van der Waals surface area contributed by atoms with E-state index in [0.717, 1.165) is 4.90 Å². The summed E-state index contributed by atoms with van der Waals surface area (Å²) >= 11 is 0. The van der Waals surface area contributed by atoms with E-state index >= 15 is 0 Å². The molecule has 2 amide bonds. The number of aliphatic carboxylic acids is 1. The van der Waals surface area contributed by atoms with Gasteiger partial charge in [-0.1, -0.05) is 19.1 Å². The van der Waals surface area contributed by atoms with Gasteiger partial charge in [0.25, 0.3) is 0 Å². The highest BCUT2D eigenvalue weighted by atomic mass is 16.5. The normalized spacial score (nSPS) is 38.4. The number of carbonyl (C=O) groups is 3. The minimum absolute atomic E-state index is 0.218. The lowest BCUT2D eigenvalue weighted by Crippen LogP contribution is -2.46. The van der Waals surface area contributed by atoms with Crippen LogP contribution in [0.5, 0.6) is 0 Å². The first-order valence-electron chi connectivity index (χ1n) is 5.99. The Labute approximate surface area is 103 Å². The maximum Gasteiger partial charge on any atom is 0.326 e. The SMILES string of the molecule is CCC(C(=O)O)N1C(=O)[C@@H]2[C@H]3C=CC(O3)[C@@H]2C1=O. The number of rotatable bonds is 3. The quantitative estimate of drug-likeness (QED) is 0.554. The molecular formula is C12H13NO5. The van der Waals surface area contributed by atoms with E-state index in [1.54, 1.807) is 19.1 Å². The number of likely N-dealkylation sites (tertiary alicyclic amines) is 1. The molecule has 0 spiro atoms. The first-order valence-corrected chi connectivity index (χ1v) is 5.99. The van der Waals surface area contributed by atoms with Gasteiger partial charge in [0.05, 0.1) is 24.0 Å². The lowest BCUT2D eigenvalue weighted by Gasteiger charge is -2.23. The fourth-order valence-corrected chi connectivity index (χ4v) is 3.10. The smallest absolute Gasteiger partial charge is 0.326 e. The van der Waals surface area contributed by atoms with E-state index in [4.69, 9.17) is 9.84 Å². The van der Waals surface area contributed by atoms with Crippen LogP contribution in [-0.4, -0.2) is 46.0 Å². The molecule has 0 aromatic rings. The molecule has 3 aliphatic rings. The minimum Gasteiger partial charge on any atom is -0.480 e.